The van der Waals surface area contributed by atoms with Gasteiger partial charge >= 0.3 is 0 Å². The van der Waals surface area contributed by atoms with Crippen LogP contribution in [-0.4, -0.2) is 77.1 Å². The molecule has 3 aromatic rings. The average Bonchev–Trinajstić information content (AvgIpc) is 3.46. The maximum atomic E-state index is 12.9. The first kappa shape index (κ1) is 26.1. The van der Waals surface area contributed by atoms with Crippen LogP contribution in [0.25, 0.3) is 0 Å². The SMILES string of the molecule is COc1c(OC[C@@H](O)CN[C@@H](C)c2ccccc2)ccc2c1N=C(NC(=O)c1cnc(N)nc1)N1CCN=C21. The number of aliphatic hydroxyl groups is 1. The second kappa shape index (κ2) is 11.5. The predicted octanol–water partition coefficient (Wildman–Crippen LogP) is 1.65. The molecule has 12 nitrogen and oxygen atoms in total. The van der Waals surface area contributed by atoms with Crippen LogP contribution in [0.1, 0.15) is 34.5 Å². The zero-order chi connectivity index (χ0) is 27.4. The van der Waals surface area contributed by atoms with E-state index in [0.717, 1.165) is 11.1 Å². The van der Waals surface area contributed by atoms with Crippen molar-refractivity contribution in [1.29, 1.82) is 0 Å². The highest BCUT2D eigenvalue weighted by Gasteiger charge is 2.33. The Labute approximate surface area is 225 Å². The van der Waals surface area contributed by atoms with Crippen molar-refractivity contribution in [2.75, 3.05) is 39.1 Å². The van der Waals surface area contributed by atoms with Crippen LogP contribution in [0.3, 0.4) is 0 Å². The number of guanidine groups is 1. The summed E-state index contributed by atoms with van der Waals surface area (Å²) in [5.41, 5.74) is 8.13. The topological polar surface area (TPSA) is 160 Å². The van der Waals surface area contributed by atoms with Crippen LogP contribution in [0.4, 0.5) is 11.6 Å². The van der Waals surface area contributed by atoms with Gasteiger partial charge in [-0.05, 0) is 24.6 Å². The van der Waals surface area contributed by atoms with Crippen LogP contribution in [-0.2, 0) is 0 Å². The van der Waals surface area contributed by atoms with Gasteiger partial charge in [-0.3, -0.25) is 20.0 Å². The number of nitrogens with zero attached hydrogens (tertiary/aromatic N) is 5. The lowest BCUT2D eigenvalue weighted by atomic mass is 10.1. The van der Waals surface area contributed by atoms with Gasteiger partial charge in [-0.1, -0.05) is 30.3 Å². The summed E-state index contributed by atoms with van der Waals surface area (Å²) in [6.45, 7) is 3.54. The fraction of sp³-hybridized carbons (Fsp3) is 0.296. The highest BCUT2D eigenvalue weighted by Crippen LogP contribution is 2.43. The number of amidine groups is 1. The monoisotopic (exact) mass is 530 g/mol. The third-order valence-electron chi connectivity index (χ3n) is 6.40. The Bertz CT molecular complexity index is 1390. The number of hydrogen-bond donors (Lipinski definition) is 4. The summed E-state index contributed by atoms with van der Waals surface area (Å²) in [5.74, 6) is 1.41. The van der Waals surface area contributed by atoms with Crippen molar-refractivity contribution in [2.45, 2.75) is 19.1 Å². The van der Waals surface area contributed by atoms with Crippen molar-refractivity contribution in [3.63, 3.8) is 0 Å². The molecule has 0 bridgehead atoms. The van der Waals surface area contributed by atoms with E-state index in [2.05, 4.69) is 25.6 Å². The zero-order valence-electron chi connectivity index (χ0n) is 21.7. The van der Waals surface area contributed by atoms with Gasteiger partial charge in [0.2, 0.25) is 11.9 Å². The molecule has 0 saturated carbocycles. The first-order valence-corrected chi connectivity index (χ1v) is 12.5. The van der Waals surface area contributed by atoms with Crippen LogP contribution in [0.2, 0.25) is 0 Å². The molecule has 0 saturated heterocycles. The van der Waals surface area contributed by atoms with Gasteiger partial charge in [0.05, 0.1) is 19.2 Å². The minimum absolute atomic E-state index is 0.0428. The summed E-state index contributed by atoms with van der Waals surface area (Å²) in [6, 6.07) is 13.7. The quantitative estimate of drug-likeness (QED) is 0.323. The summed E-state index contributed by atoms with van der Waals surface area (Å²) < 4.78 is 11.6. The van der Waals surface area contributed by atoms with E-state index in [0.29, 0.717) is 48.6 Å². The molecule has 5 rings (SSSR count). The predicted molar refractivity (Wildman–Crippen MR) is 146 cm³/mol. The molecule has 0 aliphatic carbocycles. The molecule has 1 amide bonds. The summed E-state index contributed by atoms with van der Waals surface area (Å²) in [4.78, 5) is 31.8. The number of carbonyl (C=O) groups is 1. The number of rotatable bonds is 9. The number of anilines is 1. The third-order valence-corrected chi connectivity index (χ3v) is 6.40. The van der Waals surface area contributed by atoms with Crippen LogP contribution in [0, 0.1) is 0 Å². The van der Waals surface area contributed by atoms with Gasteiger partial charge in [-0.25, -0.2) is 15.0 Å². The van der Waals surface area contributed by atoms with E-state index in [1.54, 1.807) is 6.07 Å². The number of methoxy groups -OCH3 is 1. The molecule has 2 aliphatic rings. The zero-order valence-corrected chi connectivity index (χ0v) is 21.7. The van der Waals surface area contributed by atoms with E-state index in [-0.39, 0.29) is 24.2 Å². The van der Waals surface area contributed by atoms with Gasteiger partial charge in [0.25, 0.3) is 5.91 Å². The van der Waals surface area contributed by atoms with Crippen molar-refractivity contribution >= 4 is 29.3 Å². The number of benzene rings is 2. The molecule has 5 N–H and O–H groups in total. The number of ether oxygens (including phenoxy) is 2. The Balaban J connectivity index is 1.31. The molecule has 2 atom stereocenters. The number of fused-ring (bicyclic) bond motifs is 3. The molecule has 0 spiro atoms. The minimum atomic E-state index is -0.757. The number of aromatic nitrogens is 2. The Morgan fingerprint density at radius 2 is 1.95 bits per heavy atom. The number of nitrogens with one attached hydrogen (secondary N) is 2. The maximum absolute atomic E-state index is 12.9. The number of nitrogen functional groups attached to an aromatic ring is 1. The normalized spacial score (nSPS) is 15.4. The molecule has 2 aromatic carbocycles. The lowest BCUT2D eigenvalue weighted by molar-refractivity contribution is 0.0973. The van der Waals surface area contributed by atoms with E-state index in [1.165, 1.54) is 19.5 Å². The Hall–Kier alpha value is -4.55. The molecule has 1 aromatic heterocycles. The van der Waals surface area contributed by atoms with Crippen LogP contribution in [0.5, 0.6) is 11.5 Å². The lowest BCUT2D eigenvalue weighted by Gasteiger charge is -2.28. The largest absolute Gasteiger partial charge is 0.491 e. The fourth-order valence-corrected chi connectivity index (χ4v) is 4.35. The molecule has 2 aliphatic heterocycles. The second-order valence-corrected chi connectivity index (χ2v) is 9.08. The molecule has 0 unspecified atom stereocenters. The van der Waals surface area contributed by atoms with Gasteiger partial charge in [0, 0.05) is 37.1 Å². The van der Waals surface area contributed by atoms with Crippen molar-refractivity contribution in [3.05, 3.63) is 71.5 Å². The second-order valence-electron chi connectivity index (χ2n) is 9.08. The van der Waals surface area contributed by atoms with Crippen LogP contribution in [0.15, 0.2) is 64.8 Å². The van der Waals surface area contributed by atoms with Crippen LogP contribution < -0.4 is 25.8 Å². The summed E-state index contributed by atoms with van der Waals surface area (Å²) in [7, 11) is 1.52. The smallest absolute Gasteiger partial charge is 0.261 e. The van der Waals surface area contributed by atoms with Crippen molar-refractivity contribution in [3.8, 4) is 11.5 Å². The fourth-order valence-electron chi connectivity index (χ4n) is 4.35. The molecule has 0 radical (unpaired) electrons. The Morgan fingerprint density at radius 1 is 1.18 bits per heavy atom. The standard InChI is InChI=1S/C27H30N8O4/c1-16(17-6-4-3-5-7-17)30-14-19(36)15-39-21-9-8-20-22(23(21)38-2)33-27(35-11-10-29-24(20)35)34-25(37)18-12-31-26(28)32-13-18/h3-9,12-13,16,19,30,36H,10-11,14-15H2,1-2H3,(H2,28,31,32)(H,33,34,37)/t16-,19-/m0/s1. The molecule has 202 valence electrons. The minimum Gasteiger partial charge on any atom is -0.491 e. The summed E-state index contributed by atoms with van der Waals surface area (Å²) >= 11 is 0. The molecule has 39 heavy (non-hydrogen) atoms. The number of hydrogen-bond acceptors (Lipinski definition) is 11. The van der Waals surface area contributed by atoms with Crippen molar-refractivity contribution < 1.29 is 19.4 Å². The average molecular weight is 531 g/mol. The molecular formula is C27H30N8O4. The van der Waals surface area contributed by atoms with Gasteiger partial charge in [0.15, 0.2) is 11.5 Å². The molecule has 3 heterocycles. The van der Waals surface area contributed by atoms with E-state index in [1.807, 2.05) is 48.2 Å². The highest BCUT2D eigenvalue weighted by molar-refractivity contribution is 6.20. The van der Waals surface area contributed by atoms with E-state index in [4.69, 9.17) is 20.2 Å². The first-order valence-electron chi connectivity index (χ1n) is 12.5. The van der Waals surface area contributed by atoms with Gasteiger partial charge < -0.3 is 25.6 Å². The number of aliphatic imine (C=N–C) groups is 2. The van der Waals surface area contributed by atoms with Crippen molar-refractivity contribution in [1.82, 2.24) is 25.5 Å². The third kappa shape index (κ3) is 5.66. The highest BCUT2D eigenvalue weighted by atomic mass is 16.5. The Morgan fingerprint density at radius 3 is 2.69 bits per heavy atom. The van der Waals surface area contributed by atoms with Crippen molar-refractivity contribution in [2.24, 2.45) is 9.98 Å². The van der Waals surface area contributed by atoms with Gasteiger partial charge in [0.1, 0.15) is 24.2 Å². The molecule has 0 fully saturated rings. The number of amides is 1. The number of nitrogens with two attached hydrogens (primary N) is 1. The molecular weight excluding hydrogens is 500 g/mol. The summed E-state index contributed by atoms with van der Waals surface area (Å²) in [6.07, 6.45) is 1.94. The van der Waals surface area contributed by atoms with E-state index >= 15 is 0 Å². The van der Waals surface area contributed by atoms with Gasteiger partial charge in [-0.2, -0.15) is 0 Å². The number of carbonyl (C=O) groups excluding carboxylic acids is 1. The Kier molecular flexibility index (Phi) is 7.66. The van der Waals surface area contributed by atoms with Crippen LogP contribution >= 0.6 is 0 Å². The van der Waals surface area contributed by atoms with E-state index < -0.39 is 12.0 Å². The first-order chi connectivity index (χ1) is 18.9. The maximum Gasteiger partial charge on any atom is 0.261 e. The molecule has 12 heteroatoms. The lowest BCUT2D eigenvalue weighted by Crippen LogP contribution is -2.47. The van der Waals surface area contributed by atoms with E-state index in [9.17, 15) is 9.90 Å². The van der Waals surface area contributed by atoms with Gasteiger partial charge in [-0.15, -0.1) is 0 Å². The summed E-state index contributed by atoms with van der Waals surface area (Å²) in [5, 5.41) is 16.7. The number of aliphatic hydroxyl groups excluding tert-OH is 1.